The summed E-state index contributed by atoms with van der Waals surface area (Å²) in [4.78, 5) is 34.2. The number of carboxylic acid groups (broad SMARTS) is 1. The molecule has 6 nitrogen and oxygen atoms in total. The van der Waals surface area contributed by atoms with Crippen LogP contribution < -0.4 is 10.6 Å². The van der Waals surface area contributed by atoms with Gasteiger partial charge in [0.2, 0.25) is 5.91 Å². The fourth-order valence-electron chi connectivity index (χ4n) is 1.99. The Labute approximate surface area is 123 Å². The van der Waals surface area contributed by atoms with Gasteiger partial charge in [0.1, 0.15) is 0 Å². The largest absolute Gasteiger partial charge is 0.481 e. The van der Waals surface area contributed by atoms with E-state index in [0.717, 1.165) is 0 Å². The van der Waals surface area contributed by atoms with Gasteiger partial charge in [-0.25, -0.2) is 0 Å². The van der Waals surface area contributed by atoms with E-state index < -0.39 is 11.4 Å². The van der Waals surface area contributed by atoms with Gasteiger partial charge in [-0.2, -0.15) is 0 Å². The molecule has 114 valence electrons. The molecule has 0 saturated carbocycles. The van der Waals surface area contributed by atoms with Gasteiger partial charge in [-0.3, -0.25) is 14.4 Å². The van der Waals surface area contributed by atoms with Crippen molar-refractivity contribution in [3.63, 3.8) is 0 Å². The smallest absolute Gasteiger partial charge is 0.303 e. The van der Waals surface area contributed by atoms with Crippen molar-refractivity contribution >= 4 is 23.5 Å². The summed E-state index contributed by atoms with van der Waals surface area (Å²) in [5.74, 6) is -1.46. The van der Waals surface area contributed by atoms with Crippen LogP contribution in [0.4, 0.5) is 5.69 Å². The average Bonchev–Trinajstić information content (AvgIpc) is 2.35. The number of carboxylic acids is 1. The fraction of sp³-hybridized carbons (Fsp3) is 0.400. The normalized spacial score (nSPS) is 10.8. The SMILES string of the molecule is CNC(=O)c1cccc(NC(=O)CC(C)(C)CC(=O)O)c1. The summed E-state index contributed by atoms with van der Waals surface area (Å²) in [6.45, 7) is 3.45. The maximum atomic E-state index is 12.0. The van der Waals surface area contributed by atoms with Crippen molar-refractivity contribution in [2.45, 2.75) is 26.7 Å². The Balaban J connectivity index is 2.71. The third kappa shape index (κ3) is 5.64. The molecule has 0 aliphatic heterocycles. The van der Waals surface area contributed by atoms with Crippen LogP contribution >= 0.6 is 0 Å². The van der Waals surface area contributed by atoms with E-state index in [1.807, 2.05) is 0 Å². The van der Waals surface area contributed by atoms with E-state index in [9.17, 15) is 14.4 Å². The molecule has 1 rings (SSSR count). The second-order valence-corrected chi connectivity index (χ2v) is 5.62. The molecule has 1 aromatic rings. The third-order valence-electron chi connectivity index (χ3n) is 2.90. The van der Waals surface area contributed by atoms with Gasteiger partial charge in [0.05, 0.1) is 6.42 Å². The van der Waals surface area contributed by atoms with Gasteiger partial charge in [-0.05, 0) is 23.6 Å². The van der Waals surface area contributed by atoms with Crippen molar-refractivity contribution in [1.82, 2.24) is 5.32 Å². The Bertz CT molecular complexity index is 552. The standard InChI is InChI=1S/C15H20N2O4/c1-15(2,9-13(19)20)8-12(18)17-11-6-4-5-10(7-11)14(21)16-3/h4-7H,8-9H2,1-3H3,(H,16,21)(H,17,18)(H,19,20). The molecular weight excluding hydrogens is 272 g/mol. The Morgan fingerprint density at radius 1 is 1.19 bits per heavy atom. The lowest BCUT2D eigenvalue weighted by Gasteiger charge is -2.21. The van der Waals surface area contributed by atoms with Gasteiger partial charge in [0.15, 0.2) is 0 Å². The van der Waals surface area contributed by atoms with Crippen LogP contribution in [0.2, 0.25) is 0 Å². The highest BCUT2D eigenvalue weighted by Crippen LogP contribution is 2.25. The van der Waals surface area contributed by atoms with E-state index in [4.69, 9.17) is 5.11 Å². The zero-order valence-electron chi connectivity index (χ0n) is 12.4. The lowest BCUT2D eigenvalue weighted by atomic mass is 9.85. The number of rotatable bonds is 6. The molecule has 0 spiro atoms. The first-order chi connectivity index (χ1) is 9.73. The predicted molar refractivity (Wildman–Crippen MR) is 79.1 cm³/mol. The molecule has 0 aliphatic rings. The molecule has 0 aromatic heterocycles. The van der Waals surface area contributed by atoms with Crippen LogP contribution in [-0.4, -0.2) is 29.9 Å². The Kier molecular flexibility index (Phi) is 5.46. The molecular formula is C15H20N2O4. The predicted octanol–water partition coefficient (Wildman–Crippen LogP) is 1.88. The van der Waals surface area contributed by atoms with Crippen LogP contribution in [0.25, 0.3) is 0 Å². The molecule has 0 saturated heterocycles. The Morgan fingerprint density at radius 3 is 2.43 bits per heavy atom. The van der Waals surface area contributed by atoms with Crippen LogP contribution in [0.15, 0.2) is 24.3 Å². The number of aliphatic carboxylic acids is 1. The fourth-order valence-corrected chi connectivity index (χ4v) is 1.99. The zero-order valence-corrected chi connectivity index (χ0v) is 12.4. The quantitative estimate of drug-likeness (QED) is 0.746. The molecule has 2 amide bonds. The van der Waals surface area contributed by atoms with Crippen LogP contribution in [0.3, 0.4) is 0 Å². The first-order valence-electron chi connectivity index (χ1n) is 6.57. The van der Waals surface area contributed by atoms with Gasteiger partial charge < -0.3 is 15.7 Å². The van der Waals surface area contributed by atoms with Crippen molar-refractivity contribution in [1.29, 1.82) is 0 Å². The number of carbonyl (C=O) groups is 3. The Morgan fingerprint density at radius 2 is 1.86 bits per heavy atom. The van der Waals surface area contributed by atoms with E-state index in [2.05, 4.69) is 10.6 Å². The number of benzene rings is 1. The highest BCUT2D eigenvalue weighted by atomic mass is 16.4. The maximum absolute atomic E-state index is 12.0. The topological polar surface area (TPSA) is 95.5 Å². The number of amides is 2. The molecule has 21 heavy (non-hydrogen) atoms. The molecule has 0 heterocycles. The molecule has 3 N–H and O–H groups in total. The number of hydrogen-bond donors (Lipinski definition) is 3. The number of carbonyl (C=O) groups excluding carboxylic acids is 2. The van der Waals surface area contributed by atoms with Gasteiger partial charge in [-0.1, -0.05) is 19.9 Å². The second kappa shape index (κ2) is 6.88. The minimum Gasteiger partial charge on any atom is -0.481 e. The van der Waals surface area contributed by atoms with Crippen LogP contribution in [-0.2, 0) is 9.59 Å². The van der Waals surface area contributed by atoms with E-state index >= 15 is 0 Å². The molecule has 0 fully saturated rings. The van der Waals surface area contributed by atoms with Crippen LogP contribution in [0, 0.1) is 5.41 Å². The third-order valence-corrected chi connectivity index (χ3v) is 2.90. The monoisotopic (exact) mass is 292 g/mol. The molecule has 0 radical (unpaired) electrons. The van der Waals surface area contributed by atoms with Crippen molar-refractivity contribution in [3.8, 4) is 0 Å². The summed E-state index contributed by atoms with van der Waals surface area (Å²) in [6.07, 6.45) is 0.00218. The summed E-state index contributed by atoms with van der Waals surface area (Å²) in [6, 6.07) is 6.56. The lowest BCUT2D eigenvalue weighted by molar-refractivity contribution is -0.139. The van der Waals surface area contributed by atoms with E-state index in [0.29, 0.717) is 11.3 Å². The van der Waals surface area contributed by atoms with Gasteiger partial charge in [0, 0.05) is 24.7 Å². The maximum Gasteiger partial charge on any atom is 0.303 e. The number of anilines is 1. The number of nitrogens with one attached hydrogen (secondary N) is 2. The highest BCUT2D eigenvalue weighted by molar-refractivity contribution is 5.97. The second-order valence-electron chi connectivity index (χ2n) is 5.62. The van der Waals surface area contributed by atoms with Crippen molar-refractivity contribution < 1.29 is 19.5 Å². The molecule has 0 atom stereocenters. The summed E-state index contributed by atoms with van der Waals surface area (Å²) in [5.41, 5.74) is 0.321. The van der Waals surface area contributed by atoms with Gasteiger partial charge >= 0.3 is 5.97 Å². The lowest BCUT2D eigenvalue weighted by Crippen LogP contribution is -2.25. The van der Waals surface area contributed by atoms with Gasteiger partial charge in [-0.15, -0.1) is 0 Å². The Hall–Kier alpha value is -2.37. The number of hydrogen-bond acceptors (Lipinski definition) is 3. The molecule has 0 aliphatic carbocycles. The summed E-state index contributed by atoms with van der Waals surface area (Å²) >= 11 is 0. The van der Waals surface area contributed by atoms with E-state index in [1.165, 1.54) is 7.05 Å². The van der Waals surface area contributed by atoms with Crippen molar-refractivity contribution in [2.75, 3.05) is 12.4 Å². The first-order valence-corrected chi connectivity index (χ1v) is 6.57. The van der Waals surface area contributed by atoms with E-state index in [1.54, 1.807) is 38.1 Å². The highest BCUT2D eigenvalue weighted by Gasteiger charge is 2.25. The molecule has 0 unspecified atom stereocenters. The molecule has 0 bridgehead atoms. The first kappa shape index (κ1) is 16.7. The van der Waals surface area contributed by atoms with Crippen LogP contribution in [0.1, 0.15) is 37.0 Å². The molecule has 1 aromatic carbocycles. The van der Waals surface area contributed by atoms with Crippen molar-refractivity contribution in [3.05, 3.63) is 29.8 Å². The average molecular weight is 292 g/mol. The summed E-state index contributed by atoms with van der Waals surface area (Å²) in [7, 11) is 1.53. The minimum absolute atomic E-state index is 0.0846. The van der Waals surface area contributed by atoms with Gasteiger partial charge in [0.25, 0.3) is 5.91 Å². The minimum atomic E-state index is -0.936. The van der Waals surface area contributed by atoms with E-state index in [-0.39, 0.29) is 24.7 Å². The molecule has 6 heteroatoms. The zero-order chi connectivity index (χ0) is 16.0. The van der Waals surface area contributed by atoms with Crippen LogP contribution in [0.5, 0.6) is 0 Å². The summed E-state index contributed by atoms with van der Waals surface area (Å²) < 4.78 is 0. The summed E-state index contributed by atoms with van der Waals surface area (Å²) in [5, 5.41) is 14.0. The van der Waals surface area contributed by atoms with Crippen molar-refractivity contribution in [2.24, 2.45) is 5.41 Å².